The van der Waals surface area contributed by atoms with Crippen LogP contribution in [0, 0.1) is 0 Å². The molecule has 1 aromatic carbocycles. The topological polar surface area (TPSA) is 117 Å². The summed E-state index contributed by atoms with van der Waals surface area (Å²) in [6.45, 7) is 1.83. The molecule has 0 saturated carbocycles. The van der Waals surface area contributed by atoms with Gasteiger partial charge in [0.1, 0.15) is 5.75 Å². The van der Waals surface area contributed by atoms with E-state index in [4.69, 9.17) is 12.2 Å². The van der Waals surface area contributed by atoms with E-state index in [1.54, 1.807) is 19.1 Å². The number of phenols is 1. The van der Waals surface area contributed by atoms with E-state index in [2.05, 4.69) is 20.9 Å². The third kappa shape index (κ3) is 6.57. The van der Waals surface area contributed by atoms with Gasteiger partial charge in [0.15, 0.2) is 5.11 Å². The van der Waals surface area contributed by atoms with Crippen LogP contribution in [0.3, 0.4) is 0 Å². The first-order valence-corrected chi connectivity index (χ1v) is 6.89. The zero-order chi connectivity index (χ0) is 17.2. The van der Waals surface area contributed by atoms with Gasteiger partial charge < -0.3 is 9.84 Å². The summed E-state index contributed by atoms with van der Waals surface area (Å²) in [5, 5.41) is 11.5. The Hall–Kier alpha value is -2.94. The van der Waals surface area contributed by atoms with Gasteiger partial charge in [0, 0.05) is 12.2 Å². The van der Waals surface area contributed by atoms with E-state index in [1.165, 1.54) is 12.1 Å². The third-order valence-electron chi connectivity index (χ3n) is 2.33. The van der Waals surface area contributed by atoms with E-state index in [-0.39, 0.29) is 23.0 Å². The number of hydrogen-bond donors (Lipinski definition) is 4. The van der Waals surface area contributed by atoms with Crippen LogP contribution in [0.5, 0.6) is 5.75 Å². The van der Waals surface area contributed by atoms with Crippen LogP contribution < -0.4 is 16.2 Å². The number of nitrogens with one attached hydrogen (secondary N) is 3. The summed E-state index contributed by atoms with van der Waals surface area (Å²) < 4.78 is 4.60. The second-order valence-corrected chi connectivity index (χ2v) is 4.41. The van der Waals surface area contributed by atoms with E-state index in [0.29, 0.717) is 0 Å². The molecule has 0 aromatic heterocycles. The average molecular weight is 337 g/mol. The monoisotopic (exact) mass is 337 g/mol. The van der Waals surface area contributed by atoms with E-state index < -0.39 is 17.8 Å². The highest BCUT2D eigenvalue weighted by Gasteiger charge is 2.10. The molecule has 0 saturated heterocycles. The van der Waals surface area contributed by atoms with Crippen molar-refractivity contribution in [3.8, 4) is 5.75 Å². The van der Waals surface area contributed by atoms with Gasteiger partial charge in [-0.1, -0.05) is 12.1 Å². The number of hydrogen-bond acceptors (Lipinski definition) is 6. The van der Waals surface area contributed by atoms with Gasteiger partial charge in [-0.15, -0.1) is 0 Å². The molecule has 0 bridgehead atoms. The molecule has 122 valence electrons. The summed E-state index contributed by atoms with van der Waals surface area (Å²) in [7, 11) is 0. The van der Waals surface area contributed by atoms with Gasteiger partial charge in [-0.2, -0.15) is 0 Å². The highest BCUT2D eigenvalue weighted by molar-refractivity contribution is 7.80. The van der Waals surface area contributed by atoms with Gasteiger partial charge in [-0.3, -0.25) is 25.8 Å². The number of phenolic OH excluding ortho intramolecular Hbond substituents is 1. The second kappa shape index (κ2) is 9.15. The minimum Gasteiger partial charge on any atom is -0.507 e. The number of carbonyl (C=O) groups is 3. The number of carbonyl (C=O) groups excluding carboxylic acids is 3. The Morgan fingerprint density at radius 1 is 1.22 bits per heavy atom. The molecule has 0 heterocycles. The minimum absolute atomic E-state index is 0.0383. The van der Waals surface area contributed by atoms with Crippen LogP contribution in [-0.2, 0) is 14.3 Å². The van der Waals surface area contributed by atoms with Crippen LogP contribution in [-0.4, -0.2) is 34.6 Å². The van der Waals surface area contributed by atoms with Crippen molar-refractivity contribution in [1.82, 2.24) is 16.2 Å². The first kappa shape index (κ1) is 18.1. The number of para-hydroxylation sites is 1. The molecule has 0 fully saturated rings. The first-order valence-electron chi connectivity index (χ1n) is 6.48. The Kier molecular flexibility index (Phi) is 7.21. The van der Waals surface area contributed by atoms with Crippen molar-refractivity contribution in [3.05, 3.63) is 42.0 Å². The Morgan fingerprint density at radius 2 is 1.91 bits per heavy atom. The summed E-state index contributed by atoms with van der Waals surface area (Å²) in [6.07, 6.45) is 1.89. The van der Waals surface area contributed by atoms with Crippen LogP contribution in [0.25, 0.3) is 0 Å². The number of ether oxygens (including phenoxy) is 1. The van der Waals surface area contributed by atoms with Crippen molar-refractivity contribution in [1.29, 1.82) is 0 Å². The van der Waals surface area contributed by atoms with Crippen molar-refractivity contribution < 1.29 is 24.2 Å². The molecular formula is C14H15N3O5S. The quantitative estimate of drug-likeness (QED) is 0.267. The molecule has 0 unspecified atom stereocenters. The maximum atomic E-state index is 11.8. The predicted molar refractivity (Wildman–Crippen MR) is 85.2 cm³/mol. The maximum Gasteiger partial charge on any atom is 0.330 e. The van der Waals surface area contributed by atoms with E-state index in [1.807, 2.05) is 0 Å². The fourth-order valence-corrected chi connectivity index (χ4v) is 1.52. The van der Waals surface area contributed by atoms with E-state index in [9.17, 15) is 19.5 Å². The third-order valence-corrected chi connectivity index (χ3v) is 2.54. The van der Waals surface area contributed by atoms with Gasteiger partial charge >= 0.3 is 5.97 Å². The van der Waals surface area contributed by atoms with Crippen LogP contribution in [0.4, 0.5) is 0 Å². The molecule has 0 aliphatic carbocycles. The first-order chi connectivity index (χ1) is 10.9. The lowest BCUT2D eigenvalue weighted by Gasteiger charge is -2.10. The Morgan fingerprint density at radius 3 is 2.57 bits per heavy atom. The van der Waals surface area contributed by atoms with Crippen molar-refractivity contribution in [2.24, 2.45) is 0 Å². The molecule has 0 aliphatic heterocycles. The molecular weight excluding hydrogens is 322 g/mol. The number of aromatic hydroxyl groups is 1. The Bertz CT molecular complexity index is 645. The lowest BCUT2D eigenvalue weighted by molar-refractivity contribution is -0.137. The van der Waals surface area contributed by atoms with Gasteiger partial charge in [-0.05, 0) is 31.3 Å². The van der Waals surface area contributed by atoms with Crippen molar-refractivity contribution >= 4 is 35.1 Å². The molecule has 0 radical (unpaired) electrons. The summed E-state index contributed by atoms with van der Waals surface area (Å²) in [5.41, 5.74) is 4.54. The maximum absolute atomic E-state index is 11.8. The van der Waals surface area contributed by atoms with E-state index >= 15 is 0 Å². The van der Waals surface area contributed by atoms with Gasteiger partial charge in [0.2, 0.25) is 5.91 Å². The number of amides is 2. The highest BCUT2D eigenvalue weighted by atomic mass is 32.1. The number of esters is 1. The predicted octanol–water partition coefficient (Wildman–Crippen LogP) is 0.147. The van der Waals surface area contributed by atoms with Gasteiger partial charge in [0.25, 0.3) is 5.91 Å². The number of rotatable bonds is 4. The molecule has 23 heavy (non-hydrogen) atoms. The molecule has 0 spiro atoms. The Balaban J connectivity index is 2.42. The van der Waals surface area contributed by atoms with Crippen molar-refractivity contribution in [2.45, 2.75) is 6.92 Å². The summed E-state index contributed by atoms with van der Waals surface area (Å²) in [6, 6.07) is 5.92. The number of hydrazine groups is 1. The minimum atomic E-state index is -0.674. The molecule has 1 aromatic rings. The van der Waals surface area contributed by atoms with Crippen LogP contribution in [0.15, 0.2) is 36.4 Å². The molecule has 2 amide bonds. The molecule has 0 atom stereocenters. The fraction of sp³-hybridized carbons (Fsp3) is 0.143. The van der Waals surface area contributed by atoms with Gasteiger partial charge in [0.05, 0.1) is 12.2 Å². The summed E-state index contributed by atoms with van der Waals surface area (Å²) in [5.74, 6) is -2.16. The zero-order valence-electron chi connectivity index (χ0n) is 12.2. The number of thiocarbonyl (C=S) groups is 1. The molecule has 8 nitrogen and oxygen atoms in total. The van der Waals surface area contributed by atoms with Crippen LogP contribution in [0.2, 0.25) is 0 Å². The summed E-state index contributed by atoms with van der Waals surface area (Å²) in [4.78, 5) is 34.2. The molecule has 9 heteroatoms. The van der Waals surface area contributed by atoms with Crippen LogP contribution >= 0.6 is 12.2 Å². The number of benzene rings is 1. The zero-order valence-corrected chi connectivity index (χ0v) is 13.0. The smallest absolute Gasteiger partial charge is 0.330 e. The summed E-state index contributed by atoms with van der Waals surface area (Å²) >= 11 is 4.79. The van der Waals surface area contributed by atoms with Crippen molar-refractivity contribution in [3.63, 3.8) is 0 Å². The average Bonchev–Trinajstić information content (AvgIpc) is 2.51. The largest absolute Gasteiger partial charge is 0.507 e. The molecule has 4 N–H and O–H groups in total. The lowest BCUT2D eigenvalue weighted by Crippen LogP contribution is -2.48. The normalized spacial score (nSPS) is 9.96. The van der Waals surface area contributed by atoms with Gasteiger partial charge in [-0.25, -0.2) is 4.79 Å². The highest BCUT2D eigenvalue weighted by Crippen LogP contribution is 2.14. The standard InChI is InChI=1S/C14H15N3O5S/c1-2-22-12(20)8-7-11(19)15-14(23)17-16-13(21)9-5-3-4-6-10(9)18/h3-8,18H,2H2,1H3,(H,16,21)(H2,15,17,19,23). The SMILES string of the molecule is CCOC(=O)C=CC(=O)NC(=S)NNC(=O)c1ccccc1O. The molecule has 0 aliphatic rings. The van der Waals surface area contributed by atoms with Crippen molar-refractivity contribution in [2.75, 3.05) is 6.61 Å². The molecule has 1 rings (SSSR count). The Labute approximate surface area is 137 Å². The lowest BCUT2D eigenvalue weighted by atomic mass is 10.2. The fourth-order valence-electron chi connectivity index (χ4n) is 1.37. The second-order valence-electron chi connectivity index (χ2n) is 4.00. The van der Waals surface area contributed by atoms with Crippen LogP contribution in [0.1, 0.15) is 17.3 Å². The van der Waals surface area contributed by atoms with E-state index in [0.717, 1.165) is 12.2 Å².